The van der Waals surface area contributed by atoms with E-state index in [1.54, 1.807) is 0 Å². The molecule has 2 aromatic rings. The zero-order valence-corrected chi connectivity index (χ0v) is 9.05. The van der Waals surface area contributed by atoms with Crippen molar-refractivity contribution in [1.82, 2.24) is 14.8 Å². The highest BCUT2D eigenvalue weighted by atomic mass is 16.6. The van der Waals surface area contributed by atoms with Crippen LogP contribution in [0.2, 0.25) is 0 Å². The van der Waals surface area contributed by atoms with Crippen molar-refractivity contribution in [3.8, 4) is 0 Å². The molecule has 0 aliphatic rings. The summed E-state index contributed by atoms with van der Waals surface area (Å²) in [6.45, 7) is 0.244. The van der Waals surface area contributed by atoms with Crippen molar-refractivity contribution < 1.29 is 14.8 Å². The fourth-order valence-corrected chi connectivity index (χ4v) is 1.35. The Kier molecular flexibility index (Phi) is 3.00. The van der Waals surface area contributed by atoms with Crippen LogP contribution in [0, 0.1) is 10.1 Å². The first-order chi connectivity index (χ1) is 8.56. The van der Waals surface area contributed by atoms with Crippen LogP contribution in [0.25, 0.3) is 0 Å². The third-order valence-corrected chi connectivity index (χ3v) is 2.21. The van der Waals surface area contributed by atoms with E-state index in [-0.39, 0.29) is 17.9 Å². The maximum Gasteiger partial charge on any atom is 0.389 e. The van der Waals surface area contributed by atoms with E-state index in [1.807, 2.05) is 0 Å². The van der Waals surface area contributed by atoms with Gasteiger partial charge in [0.05, 0.1) is 28.6 Å². The molecule has 0 fully saturated rings. The van der Waals surface area contributed by atoms with Gasteiger partial charge in [0.15, 0.2) is 0 Å². The van der Waals surface area contributed by atoms with Gasteiger partial charge in [-0.2, -0.15) is 4.68 Å². The molecule has 0 saturated carbocycles. The van der Waals surface area contributed by atoms with E-state index >= 15 is 0 Å². The van der Waals surface area contributed by atoms with Crippen LogP contribution in [-0.4, -0.2) is 30.8 Å². The smallest absolute Gasteiger partial charge is 0.389 e. The Labute approximate surface area is 101 Å². The van der Waals surface area contributed by atoms with Crippen LogP contribution in [0.15, 0.2) is 30.6 Å². The predicted octanol–water partition coefficient (Wildman–Crippen LogP) is 0.933. The van der Waals surface area contributed by atoms with E-state index in [0.29, 0.717) is 5.69 Å². The third kappa shape index (κ3) is 2.48. The van der Waals surface area contributed by atoms with Crippen molar-refractivity contribution >= 4 is 11.8 Å². The minimum Gasteiger partial charge on any atom is -0.478 e. The lowest BCUT2D eigenvalue weighted by Crippen LogP contribution is -2.04. The average molecular weight is 248 g/mol. The SMILES string of the molecule is O=C(O)c1ccc(Cn2ccc([N+](=O)[O-])n2)nc1. The lowest BCUT2D eigenvalue weighted by molar-refractivity contribution is -0.389. The van der Waals surface area contributed by atoms with Gasteiger partial charge in [0.1, 0.15) is 6.54 Å². The van der Waals surface area contributed by atoms with Crippen LogP contribution in [0.1, 0.15) is 16.1 Å². The highest BCUT2D eigenvalue weighted by molar-refractivity contribution is 5.87. The number of aromatic nitrogens is 3. The summed E-state index contributed by atoms with van der Waals surface area (Å²) in [5.41, 5.74) is 0.656. The van der Waals surface area contributed by atoms with Gasteiger partial charge in [-0.05, 0) is 17.1 Å². The molecule has 2 aromatic heterocycles. The molecule has 18 heavy (non-hydrogen) atoms. The molecule has 0 aliphatic carbocycles. The van der Waals surface area contributed by atoms with E-state index in [2.05, 4.69) is 10.1 Å². The minimum atomic E-state index is -1.05. The van der Waals surface area contributed by atoms with Gasteiger partial charge in [-0.25, -0.2) is 4.79 Å². The molecule has 0 saturated heterocycles. The molecule has 0 spiro atoms. The Morgan fingerprint density at radius 1 is 1.44 bits per heavy atom. The number of hydrogen-bond donors (Lipinski definition) is 1. The number of carbonyl (C=O) groups is 1. The van der Waals surface area contributed by atoms with Crippen LogP contribution >= 0.6 is 0 Å². The van der Waals surface area contributed by atoms with E-state index in [1.165, 1.54) is 35.3 Å². The number of nitro groups is 1. The topological polar surface area (TPSA) is 111 Å². The summed E-state index contributed by atoms with van der Waals surface area (Å²) in [5.74, 6) is -1.29. The molecule has 0 aromatic carbocycles. The van der Waals surface area contributed by atoms with Crippen LogP contribution in [0.3, 0.4) is 0 Å². The number of hydrogen-bond acceptors (Lipinski definition) is 5. The largest absolute Gasteiger partial charge is 0.478 e. The van der Waals surface area contributed by atoms with Crippen LogP contribution in [0.4, 0.5) is 5.82 Å². The van der Waals surface area contributed by atoms with Crippen LogP contribution < -0.4 is 0 Å². The lowest BCUT2D eigenvalue weighted by Gasteiger charge is -1.98. The molecule has 0 radical (unpaired) electrons. The molecular weight excluding hydrogens is 240 g/mol. The lowest BCUT2D eigenvalue weighted by atomic mass is 10.2. The Morgan fingerprint density at radius 2 is 2.22 bits per heavy atom. The second kappa shape index (κ2) is 4.62. The van der Waals surface area contributed by atoms with Crippen LogP contribution in [0.5, 0.6) is 0 Å². The second-order valence-corrected chi connectivity index (χ2v) is 3.47. The highest BCUT2D eigenvalue weighted by Crippen LogP contribution is 2.07. The zero-order valence-electron chi connectivity index (χ0n) is 9.05. The number of rotatable bonds is 4. The van der Waals surface area contributed by atoms with E-state index in [4.69, 9.17) is 5.11 Å². The van der Waals surface area contributed by atoms with Crippen molar-refractivity contribution in [3.05, 3.63) is 52.0 Å². The van der Waals surface area contributed by atoms with E-state index < -0.39 is 10.9 Å². The third-order valence-electron chi connectivity index (χ3n) is 2.21. The fraction of sp³-hybridized carbons (Fsp3) is 0.100. The summed E-state index contributed by atoms with van der Waals surface area (Å²) in [6.07, 6.45) is 2.69. The summed E-state index contributed by atoms with van der Waals surface area (Å²) in [7, 11) is 0. The summed E-state index contributed by atoms with van der Waals surface area (Å²) in [5, 5.41) is 22.9. The van der Waals surface area contributed by atoms with Gasteiger partial charge in [-0.3, -0.25) is 4.98 Å². The zero-order chi connectivity index (χ0) is 13.1. The van der Waals surface area contributed by atoms with Crippen molar-refractivity contribution in [2.75, 3.05) is 0 Å². The van der Waals surface area contributed by atoms with Crippen molar-refractivity contribution in [3.63, 3.8) is 0 Å². The first-order valence-corrected chi connectivity index (χ1v) is 4.92. The van der Waals surface area contributed by atoms with Gasteiger partial charge >= 0.3 is 11.8 Å². The van der Waals surface area contributed by atoms with Crippen molar-refractivity contribution in [2.45, 2.75) is 6.54 Å². The molecule has 8 heteroatoms. The summed E-state index contributed by atoms with van der Waals surface area (Å²) >= 11 is 0. The molecule has 92 valence electrons. The van der Waals surface area contributed by atoms with E-state index in [9.17, 15) is 14.9 Å². The molecular formula is C10H8N4O4. The number of aromatic carboxylic acids is 1. The fourth-order valence-electron chi connectivity index (χ4n) is 1.35. The van der Waals surface area contributed by atoms with Crippen molar-refractivity contribution in [1.29, 1.82) is 0 Å². The standard InChI is InChI=1S/C10H8N4O4/c15-10(16)7-1-2-8(11-5-7)6-13-4-3-9(12-13)14(17)18/h1-5H,6H2,(H,15,16). The molecule has 8 nitrogen and oxygen atoms in total. The van der Waals surface area contributed by atoms with Crippen molar-refractivity contribution in [2.24, 2.45) is 0 Å². The Bertz CT molecular complexity index is 590. The molecule has 0 unspecified atom stereocenters. The molecule has 0 aliphatic heterocycles. The first kappa shape index (κ1) is 11.7. The first-order valence-electron chi connectivity index (χ1n) is 4.92. The maximum atomic E-state index is 10.6. The number of pyridine rings is 1. The van der Waals surface area contributed by atoms with Gasteiger partial charge in [-0.15, -0.1) is 0 Å². The molecule has 2 rings (SSSR count). The molecule has 0 amide bonds. The predicted molar refractivity (Wildman–Crippen MR) is 59.2 cm³/mol. The van der Waals surface area contributed by atoms with Gasteiger partial charge in [-0.1, -0.05) is 0 Å². The maximum absolute atomic E-state index is 10.6. The number of carboxylic acids is 1. The quantitative estimate of drug-likeness (QED) is 0.636. The molecule has 2 heterocycles. The van der Waals surface area contributed by atoms with Gasteiger partial charge in [0, 0.05) is 6.20 Å². The highest BCUT2D eigenvalue weighted by Gasteiger charge is 2.11. The molecule has 1 N–H and O–H groups in total. The normalized spacial score (nSPS) is 10.2. The Balaban J connectivity index is 2.13. The Morgan fingerprint density at radius 3 is 2.72 bits per heavy atom. The second-order valence-electron chi connectivity index (χ2n) is 3.47. The van der Waals surface area contributed by atoms with Gasteiger partial charge in [0.25, 0.3) is 0 Å². The average Bonchev–Trinajstić information content (AvgIpc) is 2.78. The van der Waals surface area contributed by atoms with Gasteiger partial charge < -0.3 is 15.2 Å². The van der Waals surface area contributed by atoms with E-state index in [0.717, 1.165) is 0 Å². The minimum absolute atomic E-state index is 0.0881. The summed E-state index contributed by atoms with van der Waals surface area (Å²) < 4.78 is 1.36. The molecule has 0 atom stereocenters. The van der Waals surface area contributed by atoms with Gasteiger partial charge in [0.2, 0.25) is 0 Å². The summed E-state index contributed by atoms with van der Waals surface area (Å²) in [4.78, 5) is 24.4. The monoisotopic (exact) mass is 248 g/mol. The van der Waals surface area contributed by atoms with Crippen LogP contribution in [-0.2, 0) is 6.54 Å². The summed E-state index contributed by atoms with van der Waals surface area (Å²) in [6, 6.07) is 4.24. The Hall–Kier alpha value is -2.77. The number of carboxylic acid groups (broad SMARTS) is 1. The number of nitrogens with zero attached hydrogens (tertiary/aromatic N) is 4. The molecule has 0 bridgehead atoms.